The summed E-state index contributed by atoms with van der Waals surface area (Å²) in [6.07, 6.45) is 4.44. The molecule has 2 aliphatic rings. The van der Waals surface area contributed by atoms with E-state index in [2.05, 4.69) is 42.0 Å². The van der Waals surface area contributed by atoms with Crippen LogP contribution in [0.15, 0.2) is 52.0 Å². The molecular formula is C29H37ClN6O5S. The highest BCUT2D eigenvalue weighted by Gasteiger charge is 2.53. The van der Waals surface area contributed by atoms with Crippen molar-refractivity contribution in [1.29, 1.82) is 0 Å². The molecule has 1 aromatic heterocycles. The third-order valence-corrected chi connectivity index (χ3v) is 10.1. The molecule has 42 heavy (non-hydrogen) atoms. The van der Waals surface area contributed by atoms with Crippen LogP contribution in [0.5, 0.6) is 0 Å². The second-order valence-corrected chi connectivity index (χ2v) is 13.2. The van der Waals surface area contributed by atoms with E-state index in [1.807, 2.05) is 30.0 Å². The minimum absolute atomic E-state index is 0.0446. The summed E-state index contributed by atoms with van der Waals surface area (Å²) in [6.45, 7) is 5.18. The normalized spacial score (nSPS) is 19.5. The van der Waals surface area contributed by atoms with Crippen molar-refractivity contribution in [2.24, 2.45) is 0 Å². The zero-order valence-electron chi connectivity index (χ0n) is 23.7. The van der Waals surface area contributed by atoms with Gasteiger partial charge in [-0.25, -0.2) is 17.8 Å². The number of aromatic nitrogens is 2. The topological polar surface area (TPSA) is 138 Å². The van der Waals surface area contributed by atoms with Gasteiger partial charge in [-0.1, -0.05) is 48.9 Å². The van der Waals surface area contributed by atoms with Gasteiger partial charge in [0.25, 0.3) is 0 Å². The van der Waals surface area contributed by atoms with Crippen molar-refractivity contribution in [2.75, 3.05) is 32.7 Å². The highest BCUT2D eigenvalue weighted by atomic mass is 35.5. The Morgan fingerprint density at radius 3 is 2.52 bits per heavy atom. The lowest BCUT2D eigenvalue weighted by atomic mass is 9.81. The number of likely N-dealkylation sites (tertiary alicyclic amines) is 1. The molecule has 5 rings (SSSR count). The van der Waals surface area contributed by atoms with Crippen molar-refractivity contribution in [3.8, 4) is 0 Å². The largest absolute Gasteiger partial charge is 0.342 e. The fraction of sp³-hybridized carbons (Fsp3) is 0.517. The van der Waals surface area contributed by atoms with E-state index in [1.54, 1.807) is 0 Å². The molecule has 2 aromatic carbocycles. The van der Waals surface area contributed by atoms with Gasteiger partial charge in [0.05, 0.1) is 5.02 Å². The van der Waals surface area contributed by atoms with E-state index < -0.39 is 21.6 Å². The van der Waals surface area contributed by atoms with Gasteiger partial charge in [0.1, 0.15) is 16.5 Å². The van der Waals surface area contributed by atoms with Gasteiger partial charge in [0.2, 0.25) is 21.8 Å². The second-order valence-electron chi connectivity index (χ2n) is 11.0. The number of carbonyl (C=O) groups is 2. The molecular weight excluding hydrogens is 580 g/mol. The molecule has 2 amide bonds. The molecule has 0 bridgehead atoms. The number of piperazine rings is 1. The van der Waals surface area contributed by atoms with Crippen LogP contribution < -0.4 is 10.0 Å². The number of unbranched alkanes of at least 4 members (excludes halogenated alkanes) is 1. The maximum absolute atomic E-state index is 13.6. The average Bonchev–Trinajstić information content (AvgIpc) is 3.49. The Labute approximate surface area is 251 Å². The third-order valence-electron chi connectivity index (χ3n) is 8.33. The Balaban J connectivity index is 1.13. The Bertz CT molecular complexity index is 1510. The number of fused-ring (bicyclic) bond motifs is 1. The molecule has 2 aliphatic heterocycles. The first-order valence-corrected chi connectivity index (χ1v) is 16.4. The van der Waals surface area contributed by atoms with Gasteiger partial charge in [-0.05, 0) is 73.0 Å². The molecule has 2 saturated heterocycles. The lowest BCUT2D eigenvalue weighted by Crippen LogP contribution is -2.72. The molecule has 0 saturated carbocycles. The predicted octanol–water partition coefficient (Wildman–Crippen LogP) is 3.14. The van der Waals surface area contributed by atoms with Crippen LogP contribution >= 0.6 is 11.6 Å². The molecule has 11 nitrogen and oxygen atoms in total. The number of benzene rings is 2. The predicted molar refractivity (Wildman–Crippen MR) is 158 cm³/mol. The number of sulfonamides is 1. The number of rotatable bonds is 12. The Morgan fingerprint density at radius 1 is 1.05 bits per heavy atom. The van der Waals surface area contributed by atoms with Crippen LogP contribution in [0.3, 0.4) is 0 Å². The molecule has 0 unspecified atom stereocenters. The molecule has 1 spiro atoms. The SMILES string of the molecule is CCCN1C(=O)[C@H](CCCCNS(=O)(=O)c2ccc(Cl)c3nonc23)NC(=O)C12CCN(CCc1ccccc1)CC2. The second kappa shape index (κ2) is 13.1. The maximum Gasteiger partial charge on any atom is 0.246 e. The molecule has 226 valence electrons. The van der Waals surface area contributed by atoms with Crippen LogP contribution in [0.25, 0.3) is 11.0 Å². The van der Waals surface area contributed by atoms with Gasteiger partial charge in [-0.2, -0.15) is 0 Å². The van der Waals surface area contributed by atoms with Gasteiger partial charge in [0.15, 0.2) is 11.0 Å². The first-order chi connectivity index (χ1) is 20.2. The molecule has 0 radical (unpaired) electrons. The van der Waals surface area contributed by atoms with Crippen LogP contribution in [-0.2, 0) is 26.0 Å². The minimum atomic E-state index is -3.88. The summed E-state index contributed by atoms with van der Waals surface area (Å²) in [5, 5.41) is 10.6. The highest BCUT2D eigenvalue weighted by molar-refractivity contribution is 7.89. The zero-order chi connectivity index (χ0) is 29.7. The summed E-state index contributed by atoms with van der Waals surface area (Å²) in [6, 6.07) is 12.6. The van der Waals surface area contributed by atoms with Crippen molar-refractivity contribution < 1.29 is 22.6 Å². The smallest absolute Gasteiger partial charge is 0.246 e. The average molecular weight is 617 g/mol. The number of halogens is 1. The minimum Gasteiger partial charge on any atom is -0.342 e. The monoisotopic (exact) mass is 616 g/mol. The molecule has 3 heterocycles. The molecule has 1 atom stereocenters. The molecule has 2 N–H and O–H groups in total. The van der Waals surface area contributed by atoms with Crippen LogP contribution in [-0.4, -0.2) is 84.6 Å². The van der Waals surface area contributed by atoms with Crippen molar-refractivity contribution in [1.82, 2.24) is 30.2 Å². The Kier molecular flexibility index (Phi) is 9.46. The first-order valence-electron chi connectivity index (χ1n) is 14.5. The van der Waals surface area contributed by atoms with Crippen LogP contribution in [0.2, 0.25) is 5.02 Å². The zero-order valence-corrected chi connectivity index (χ0v) is 25.3. The number of hydrogen-bond acceptors (Lipinski definition) is 8. The van der Waals surface area contributed by atoms with Crippen LogP contribution in [0.4, 0.5) is 0 Å². The van der Waals surface area contributed by atoms with Gasteiger partial charge < -0.3 is 15.1 Å². The number of nitrogens with one attached hydrogen (secondary N) is 2. The molecule has 2 fully saturated rings. The van der Waals surface area contributed by atoms with Gasteiger partial charge in [0, 0.05) is 32.7 Å². The lowest BCUT2D eigenvalue weighted by molar-refractivity contribution is -0.161. The molecule has 13 heteroatoms. The summed E-state index contributed by atoms with van der Waals surface area (Å²) < 4.78 is 32.9. The maximum atomic E-state index is 13.6. The lowest BCUT2D eigenvalue weighted by Gasteiger charge is -2.51. The van der Waals surface area contributed by atoms with E-state index >= 15 is 0 Å². The fourth-order valence-corrected chi connectivity index (χ4v) is 7.37. The van der Waals surface area contributed by atoms with E-state index in [0.29, 0.717) is 38.6 Å². The summed E-state index contributed by atoms with van der Waals surface area (Å²) >= 11 is 6.04. The van der Waals surface area contributed by atoms with E-state index in [0.717, 1.165) is 32.5 Å². The summed E-state index contributed by atoms with van der Waals surface area (Å²) in [7, 11) is -3.88. The third kappa shape index (κ3) is 6.31. The number of hydrogen-bond donors (Lipinski definition) is 2. The van der Waals surface area contributed by atoms with Crippen molar-refractivity contribution in [3.05, 3.63) is 53.1 Å². The van der Waals surface area contributed by atoms with E-state index in [1.165, 1.54) is 17.7 Å². The number of nitrogens with zero attached hydrogens (tertiary/aromatic N) is 4. The molecule has 3 aromatic rings. The Hall–Kier alpha value is -3.06. The van der Waals surface area contributed by atoms with Crippen LogP contribution in [0.1, 0.15) is 51.0 Å². The van der Waals surface area contributed by atoms with Crippen molar-refractivity contribution >= 4 is 44.5 Å². The van der Waals surface area contributed by atoms with Crippen molar-refractivity contribution in [2.45, 2.75) is 68.3 Å². The number of amides is 2. The fourth-order valence-electron chi connectivity index (χ4n) is 5.98. The van der Waals surface area contributed by atoms with Gasteiger partial charge in [-0.3, -0.25) is 9.59 Å². The van der Waals surface area contributed by atoms with Crippen molar-refractivity contribution in [3.63, 3.8) is 0 Å². The number of piperidine rings is 1. The van der Waals surface area contributed by atoms with Crippen LogP contribution in [0, 0.1) is 0 Å². The Morgan fingerprint density at radius 2 is 1.79 bits per heavy atom. The standard InChI is InChI=1S/C29H37ClN6O5S/c1-2-17-36-27(37)23(10-6-7-16-31-42(39,40)24-12-11-22(30)25-26(24)34-41-33-25)32-28(38)29(36)14-19-35(20-15-29)18-13-21-8-4-3-5-9-21/h3-5,8-9,11-12,23,31H,2,6-7,10,13-20H2,1H3,(H,32,38)/t23-/m0/s1. The van der Waals surface area contributed by atoms with E-state index in [9.17, 15) is 18.0 Å². The van der Waals surface area contributed by atoms with Gasteiger partial charge in [-0.15, -0.1) is 0 Å². The summed E-state index contributed by atoms with van der Waals surface area (Å²) in [5.41, 5.74) is 0.736. The molecule has 0 aliphatic carbocycles. The van der Waals surface area contributed by atoms with E-state index in [4.69, 9.17) is 11.6 Å². The van der Waals surface area contributed by atoms with Gasteiger partial charge >= 0.3 is 0 Å². The van der Waals surface area contributed by atoms with E-state index in [-0.39, 0.29) is 39.3 Å². The highest BCUT2D eigenvalue weighted by Crippen LogP contribution is 2.34. The number of carbonyl (C=O) groups excluding carboxylic acids is 2. The quantitative estimate of drug-likeness (QED) is 0.296. The summed E-state index contributed by atoms with van der Waals surface area (Å²) in [5.74, 6) is -0.117. The first kappa shape index (κ1) is 30.4. The summed E-state index contributed by atoms with van der Waals surface area (Å²) in [4.78, 5) is 31.3.